The molecule has 0 spiro atoms. The molecule has 0 saturated heterocycles. The number of hydrogen-bond donors (Lipinski definition) is 2. The summed E-state index contributed by atoms with van der Waals surface area (Å²) >= 11 is 0. The largest absolute Gasteiger partial charge is 0.468 e. The van der Waals surface area contributed by atoms with Crippen LogP contribution in [0.1, 0.15) is 43.5 Å². The highest BCUT2D eigenvalue weighted by molar-refractivity contribution is 5.54. The quantitative estimate of drug-likeness (QED) is 0.885. The molecular weight excluding hydrogens is 304 g/mol. The van der Waals surface area contributed by atoms with Gasteiger partial charge in [-0.1, -0.05) is 45.0 Å². The fourth-order valence-electron chi connectivity index (χ4n) is 3.03. The van der Waals surface area contributed by atoms with Gasteiger partial charge in [0.2, 0.25) is 11.8 Å². The molecule has 6 heteroatoms. The molecule has 0 fully saturated rings. The Balaban J connectivity index is 2.27. The van der Waals surface area contributed by atoms with Crippen molar-refractivity contribution in [2.75, 3.05) is 7.11 Å². The van der Waals surface area contributed by atoms with Crippen molar-refractivity contribution in [3.05, 3.63) is 52.5 Å². The number of hydrogen-bond acceptors (Lipinski definition) is 5. The Morgan fingerprint density at radius 2 is 2.04 bits per heavy atom. The van der Waals surface area contributed by atoms with Gasteiger partial charge in [-0.2, -0.15) is 10.2 Å². The molecule has 0 saturated carbocycles. The average Bonchev–Trinajstić information content (AvgIpc) is 2.95. The molecule has 0 amide bonds. The molecule has 1 atom stereocenters. The van der Waals surface area contributed by atoms with Crippen molar-refractivity contribution in [1.29, 1.82) is 5.26 Å². The lowest BCUT2D eigenvalue weighted by Gasteiger charge is -2.29. The molecule has 2 aromatic rings. The van der Waals surface area contributed by atoms with E-state index in [0.717, 1.165) is 11.1 Å². The molecule has 6 nitrogen and oxygen atoms in total. The summed E-state index contributed by atoms with van der Waals surface area (Å²) in [6.07, 6.45) is 0. The van der Waals surface area contributed by atoms with E-state index in [1.54, 1.807) is 0 Å². The van der Waals surface area contributed by atoms with E-state index in [1.807, 2.05) is 18.2 Å². The zero-order valence-electron chi connectivity index (χ0n) is 14.2. The van der Waals surface area contributed by atoms with Gasteiger partial charge in [-0.05, 0) is 16.5 Å². The van der Waals surface area contributed by atoms with Crippen molar-refractivity contribution in [3.8, 4) is 18.0 Å². The van der Waals surface area contributed by atoms with E-state index in [-0.39, 0.29) is 17.2 Å². The molecule has 24 heavy (non-hydrogen) atoms. The van der Waals surface area contributed by atoms with Crippen LogP contribution >= 0.6 is 0 Å². The molecule has 1 aromatic heterocycles. The molecule has 124 valence electrons. The summed E-state index contributed by atoms with van der Waals surface area (Å²) in [6.45, 7) is 6.41. The number of nitrogens with two attached hydrogens (primary N) is 1. The van der Waals surface area contributed by atoms with Crippen LogP contribution in [0.3, 0.4) is 0 Å². The van der Waals surface area contributed by atoms with Crippen LogP contribution in [0.25, 0.3) is 0 Å². The third kappa shape index (κ3) is 2.48. The first-order valence-electron chi connectivity index (χ1n) is 7.67. The van der Waals surface area contributed by atoms with Crippen LogP contribution in [-0.2, 0) is 5.41 Å². The number of fused-ring (bicyclic) bond motifs is 1. The topological polar surface area (TPSA) is 97.0 Å². The second kappa shape index (κ2) is 5.60. The first kappa shape index (κ1) is 15.9. The number of benzene rings is 1. The second-order valence-electron chi connectivity index (χ2n) is 6.73. The monoisotopic (exact) mass is 324 g/mol. The molecule has 0 bridgehead atoms. The van der Waals surface area contributed by atoms with Crippen molar-refractivity contribution in [1.82, 2.24) is 9.97 Å². The number of H-pyrrole nitrogens is 1. The fourth-order valence-corrected chi connectivity index (χ4v) is 3.03. The molecule has 1 aliphatic rings. The van der Waals surface area contributed by atoms with Crippen molar-refractivity contribution < 1.29 is 9.47 Å². The number of nitrogens with zero attached hydrogens (tertiary/aromatic N) is 2. The molecule has 1 aliphatic heterocycles. The maximum absolute atomic E-state index is 9.64. The van der Waals surface area contributed by atoms with E-state index in [2.05, 4.69) is 42.9 Å². The lowest BCUT2D eigenvalue weighted by molar-refractivity contribution is 0.364. The van der Waals surface area contributed by atoms with Gasteiger partial charge < -0.3 is 20.2 Å². The van der Waals surface area contributed by atoms with E-state index in [9.17, 15) is 5.26 Å². The van der Waals surface area contributed by atoms with Gasteiger partial charge in [0.1, 0.15) is 11.6 Å². The molecular formula is C18H20N4O2. The van der Waals surface area contributed by atoms with Crippen LogP contribution in [0.15, 0.2) is 35.7 Å². The van der Waals surface area contributed by atoms with E-state index < -0.39 is 0 Å². The number of aromatic nitrogens is 2. The van der Waals surface area contributed by atoms with Gasteiger partial charge in [-0.25, -0.2) is 0 Å². The average molecular weight is 324 g/mol. The van der Waals surface area contributed by atoms with E-state index >= 15 is 0 Å². The van der Waals surface area contributed by atoms with Crippen LogP contribution in [-0.4, -0.2) is 17.1 Å². The van der Waals surface area contributed by atoms with Crippen LogP contribution in [0.2, 0.25) is 0 Å². The fraction of sp³-hybridized carbons (Fsp3) is 0.333. The predicted octanol–water partition coefficient (Wildman–Crippen LogP) is 2.93. The van der Waals surface area contributed by atoms with Crippen LogP contribution in [0.5, 0.6) is 11.9 Å². The second-order valence-corrected chi connectivity index (χ2v) is 6.73. The minimum absolute atomic E-state index is 0.0767. The Morgan fingerprint density at radius 1 is 1.33 bits per heavy atom. The van der Waals surface area contributed by atoms with Crippen molar-refractivity contribution in [2.45, 2.75) is 32.1 Å². The summed E-state index contributed by atoms with van der Waals surface area (Å²) < 4.78 is 10.7. The summed E-state index contributed by atoms with van der Waals surface area (Å²) in [5.41, 5.74) is 9.07. The number of nitriles is 1. The zero-order chi connectivity index (χ0) is 17.5. The zero-order valence-corrected chi connectivity index (χ0v) is 14.2. The Kier molecular flexibility index (Phi) is 3.72. The van der Waals surface area contributed by atoms with E-state index in [4.69, 9.17) is 15.2 Å². The third-order valence-electron chi connectivity index (χ3n) is 4.12. The Morgan fingerprint density at radius 3 is 2.67 bits per heavy atom. The van der Waals surface area contributed by atoms with Gasteiger partial charge >= 0.3 is 0 Å². The predicted molar refractivity (Wildman–Crippen MR) is 89.6 cm³/mol. The first-order valence-corrected chi connectivity index (χ1v) is 7.67. The first-order chi connectivity index (χ1) is 11.4. The highest BCUT2D eigenvalue weighted by atomic mass is 16.5. The summed E-state index contributed by atoms with van der Waals surface area (Å²) in [7, 11) is 1.52. The summed E-state index contributed by atoms with van der Waals surface area (Å²) in [6, 6.07) is 10.6. The minimum atomic E-state index is -0.370. The van der Waals surface area contributed by atoms with Gasteiger partial charge in [0.05, 0.1) is 18.7 Å². The number of aromatic amines is 1. The van der Waals surface area contributed by atoms with Gasteiger partial charge in [-0.3, -0.25) is 0 Å². The number of nitrogens with one attached hydrogen (secondary N) is 1. The lowest BCUT2D eigenvalue weighted by atomic mass is 9.77. The van der Waals surface area contributed by atoms with E-state index in [1.165, 1.54) is 7.11 Å². The highest BCUT2D eigenvalue weighted by Gasteiger charge is 2.36. The van der Waals surface area contributed by atoms with Crippen molar-refractivity contribution in [3.63, 3.8) is 0 Å². The van der Waals surface area contributed by atoms with Crippen LogP contribution in [0, 0.1) is 11.3 Å². The highest BCUT2D eigenvalue weighted by Crippen LogP contribution is 2.44. The van der Waals surface area contributed by atoms with Gasteiger partial charge in [0.15, 0.2) is 0 Å². The number of imidazole rings is 1. The maximum Gasteiger partial charge on any atom is 0.296 e. The number of rotatable bonds is 2. The number of allylic oxidation sites excluding steroid dienone is 1. The maximum atomic E-state index is 9.64. The molecule has 0 radical (unpaired) electrons. The van der Waals surface area contributed by atoms with Crippen LogP contribution < -0.4 is 15.2 Å². The smallest absolute Gasteiger partial charge is 0.296 e. The third-order valence-corrected chi connectivity index (χ3v) is 4.12. The minimum Gasteiger partial charge on any atom is -0.468 e. The molecule has 3 rings (SSSR count). The molecule has 3 N–H and O–H groups in total. The van der Waals surface area contributed by atoms with E-state index in [0.29, 0.717) is 23.2 Å². The van der Waals surface area contributed by atoms with Gasteiger partial charge in [0, 0.05) is 0 Å². The SMILES string of the molecule is COc1nc2c([nH]1)C(c1ccccc1C(C)(C)C)C(C#N)=C(N)O2. The summed E-state index contributed by atoms with van der Waals surface area (Å²) in [5, 5.41) is 9.64. The molecule has 1 aromatic carbocycles. The summed E-state index contributed by atoms with van der Waals surface area (Å²) in [4.78, 5) is 7.33. The van der Waals surface area contributed by atoms with Crippen LogP contribution in [0.4, 0.5) is 0 Å². The number of ether oxygens (including phenoxy) is 2. The normalized spacial score (nSPS) is 17.0. The molecule has 1 unspecified atom stereocenters. The lowest BCUT2D eigenvalue weighted by Crippen LogP contribution is -2.24. The summed E-state index contributed by atoms with van der Waals surface area (Å²) in [5.74, 6) is 0.0514. The Labute approximate surface area is 140 Å². The van der Waals surface area contributed by atoms with Crippen molar-refractivity contribution >= 4 is 0 Å². The molecule has 2 heterocycles. The number of methoxy groups -OCH3 is 1. The van der Waals surface area contributed by atoms with Gasteiger partial charge in [-0.15, -0.1) is 0 Å². The van der Waals surface area contributed by atoms with Crippen molar-refractivity contribution in [2.24, 2.45) is 5.73 Å². The Bertz CT molecular complexity index is 853. The standard InChI is InChI=1S/C18H20N4O2/c1-18(2,3)12-8-6-5-7-10(12)13-11(9-19)15(20)24-16-14(13)21-17(22-16)23-4/h5-8,13H,20H2,1-4H3,(H,21,22). The van der Waals surface area contributed by atoms with Gasteiger partial charge in [0.25, 0.3) is 6.01 Å². The molecule has 0 aliphatic carbocycles. The Hall–Kier alpha value is -2.94.